The molecule has 1 aromatic heterocycles. The Labute approximate surface area is 161 Å². The fraction of sp³-hybridized carbons (Fsp3) is 0.471. The van der Waals surface area contributed by atoms with Gasteiger partial charge in [-0.3, -0.25) is 9.36 Å². The van der Waals surface area contributed by atoms with Crippen LogP contribution in [0.25, 0.3) is 0 Å². The first-order valence-electron chi connectivity index (χ1n) is 8.36. The van der Waals surface area contributed by atoms with Crippen LogP contribution in [0.2, 0.25) is 0 Å². The lowest BCUT2D eigenvalue weighted by Crippen LogP contribution is -2.38. The molecule has 0 unspecified atom stereocenters. The molecular weight excluding hydrogens is 406 g/mol. The zero-order chi connectivity index (χ0) is 22.2. The summed E-state index contributed by atoms with van der Waals surface area (Å²) in [5.74, 6) is -2.47. The van der Waals surface area contributed by atoms with Crippen molar-refractivity contribution in [3.05, 3.63) is 51.7 Å². The molecule has 0 spiro atoms. The van der Waals surface area contributed by atoms with Gasteiger partial charge in [-0.25, -0.2) is 9.48 Å². The maximum Gasteiger partial charge on any atom is 0.451 e. The number of hydrogen-bond donors (Lipinski definition) is 1. The van der Waals surface area contributed by atoms with Gasteiger partial charge in [0.1, 0.15) is 0 Å². The largest absolute Gasteiger partial charge is 0.451 e. The van der Waals surface area contributed by atoms with Crippen molar-refractivity contribution in [2.24, 2.45) is 0 Å². The number of carbonyl (C=O) groups excluding carboxylic acids is 1. The molecule has 2 aromatic rings. The molecule has 0 radical (unpaired) electrons. The van der Waals surface area contributed by atoms with Crippen molar-refractivity contribution in [3.63, 3.8) is 0 Å². The third kappa shape index (κ3) is 4.98. The van der Waals surface area contributed by atoms with Gasteiger partial charge in [-0.05, 0) is 32.9 Å². The molecule has 1 N–H and O–H groups in total. The molecule has 1 amide bonds. The molecule has 2 rings (SSSR count). The second kappa shape index (κ2) is 7.56. The molecule has 0 saturated carbocycles. The number of amides is 1. The number of benzene rings is 1. The summed E-state index contributed by atoms with van der Waals surface area (Å²) < 4.78 is 79.5. The Balaban J connectivity index is 2.22. The van der Waals surface area contributed by atoms with Crippen molar-refractivity contribution >= 4 is 5.91 Å². The van der Waals surface area contributed by atoms with Gasteiger partial charge >= 0.3 is 18.0 Å². The molecule has 29 heavy (non-hydrogen) atoms. The molecule has 160 valence electrons. The lowest BCUT2D eigenvalue weighted by atomic mass is 10.1. The van der Waals surface area contributed by atoms with Crippen molar-refractivity contribution in [1.29, 1.82) is 0 Å². The fourth-order valence-electron chi connectivity index (χ4n) is 2.64. The van der Waals surface area contributed by atoms with E-state index >= 15 is 0 Å². The number of nitrogens with zero attached hydrogens (tertiary/aromatic N) is 3. The van der Waals surface area contributed by atoms with Crippen LogP contribution in [0.1, 0.15) is 42.5 Å². The number of halogens is 6. The topological polar surface area (TPSA) is 68.9 Å². The van der Waals surface area contributed by atoms with Gasteiger partial charge in [0, 0.05) is 12.1 Å². The summed E-state index contributed by atoms with van der Waals surface area (Å²) in [4.78, 5) is 24.4. The Morgan fingerprint density at radius 3 is 2.10 bits per heavy atom. The molecule has 0 aliphatic heterocycles. The molecule has 12 heteroatoms. The first-order chi connectivity index (χ1) is 13.1. The van der Waals surface area contributed by atoms with Crippen molar-refractivity contribution in [1.82, 2.24) is 19.7 Å². The van der Waals surface area contributed by atoms with Crippen LogP contribution >= 0.6 is 0 Å². The van der Waals surface area contributed by atoms with Crippen LogP contribution < -0.4 is 11.0 Å². The fourth-order valence-corrected chi connectivity index (χ4v) is 2.64. The highest BCUT2D eigenvalue weighted by Crippen LogP contribution is 2.32. The number of alkyl halides is 6. The summed E-state index contributed by atoms with van der Waals surface area (Å²) in [6.45, 7) is 3.33. The summed E-state index contributed by atoms with van der Waals surface area (Å²) in [5, 5.41) is 5.45. The minimum absolute atomic E-state index is 0.399. The summed E-state index contributed by atoms with van der Waals surface area (Å²) in [6.07, 6.45) is -9.63. The minimum atomic E-state index is -4.88. The number of carbonyl (C=O) groups is 1. The van der Waals surface area contributed by atoms with Crippen LogP contribution in [-0.2, 0) is 24.4 Å². The Morgan fingerprint density at radius 1 is 1.03 bits per heavy atom. The normalized spacial score (nSPS) is 12.9. The van der Waals surface area contributed by atoms with Crippen LogP contribution in [0, 0.1) is 0 Å². The number of rotatable bonds is 4. The van der Waals surface area contributed by atoms with E-state index in [9.17, 15) is 35.9 Å². The maximum atomic E-state index is 13.2. The average molecular weight is 424 g/mol. The van der Waals surface area contributed by atoms with Gasteiger partial charge in [-0.1, -0.05) is 12.1 Å². The SMILES string of the molecule is CC(C)(C)n1c(C(F)(F)F)nn(CCNC(=O)c2ccccc2C(F)(F)F)c1=O. The zero-order valence-corrected chi connectivity index (χ0v) is 15.6. The first kappa shape index (κ1) is 22.5. The van der Waals surface area contributed by atoms with Crippen LogP contribution in [0.5, 0.6) is 0 Å². The molecule has 0 fully saturated rings. The Morgan fingerprint density at radius 2 is 1.62 bits per heavy atom. The third-order valence-electron chi connectivity index (χ3n) is 3.85. The molecule has 0 atom stereocenters. The molecule has 1 heterocycles. The van der Waals surface area contributed by atoms with E-state index in [-0.39, 0.29) is 0 Å². The third-order valence-corrected chi connectivity index (χ3v) is 3.85. The Bertz CT molecular complexity index is 951. The standard InChI is InChI=1S/C17H18F6N4O2/c1-15(2,3)27-13(17(21,22)23)25-26(14(27)29)9-8-24-12(28)10-6-4-5-7-11(10)16(18,19)20/h4-7H,8-9H2,1-3H3,(H,24,28). The van der Waals surface area contributed by atoms with Gasteiger partial charge in [0.2, 0.25) is 5.82 Å². The minimum Gasteiger partial charge on any atom is -0.350 e. The summed E-state index contributed by atoms with van der Waals surface area (Å²) in [6, 6.07) is 4.08. The van der Waals surface area contributed by atoms with Gasteiger partial charge in [0.15, 0.2) is 0 Å². The zero-order valence-electron chi connectivity index (χ0n) is 15.6. The van der Waals surface area contributed by atoms with Crippen LogP contribution in [0.4, 0.5) is 26.3 Å². The van der Waals surface area contributed by atoms with Crippen molar-refractivity contribution in [2.75, 3.05) is 6.54 Å². The van der Waals surface area contributed by atoms with Gasteiger partial charge in [-0.2, -0.15) is 26.3 Å². The van der Waals surface area contributed by atoms with Crippen LogP contribution in [-0.4, -0.2) is 26.8 Å². The Hall–Kier alpha value is -2.79. The second-order valence-corrected chi connectivity index (χ2v) is 7.13. The highest BCUT2D eigenvalue weighted by atomic mass is 19.4. The molecule has 0 saturated heterocycles. The molecule has 0 aliphatic rings. The number of aromatic nitrogens is 3. The molecule has 0 bridgehead atoms. The van der Waals surface area contributed by atoms with Crippen LogP contribution in [0.3, 0.4) is 0 Å². The summed E-state index contributed by atoms with van der Waals surface area (Å²) >= 11 is 0. The predicted molar refractivity (Wildman–Crippen MR) is 90.3 cm³/mol. The molecular formula is C17H18F6N4O2. The van der Waals surface area contributed by atoms with Crippen molar-refractivity contribution in [2.45, 2.75) is 45.2 Å². The van der Waals surface area contributed by atoms with E-state index in [1.165, 1.54) is 26.8 Å². The Kier molecular flexibility index (Phi) is 5.87. The average Bonchev–Trinajstić information content (AvgIpc) is 2.91. The second-order valence-electron chi connectivity index (χ2n) is 7.13. The van der Waals surface area contributed by atoms with E-state index in [1.807, 2.05) is 0 Å². The van der Waals surface area contributed by atoms with E-state index in [0.717, 1.165) is 18.2 Å². The quantitative estimate of drug-likeness (QED) is 0.767. The smallest absolute Gasteiger partial charge is 0.350 e. The van der Waals surface area contributed by atoms with Crippen molar-refractivity contribution < 1.29 is 31.1 Å². The van der Waals surface area contributed by atoms with E-state index in [2.05, 4.69) is 10.4 Å². The highest BCUT2D eigenvalue weighted by molar-refractivity contribution is 5.95. The molecule has 0 aliphatic carbocycles. The number of nitrogens with one attached hydrogen (secondary N) is 1. The van der Waals surface area contributed by atoms with Crippen LogP contribution in [0.15, 0.2) is 29.1 Å². The molecule has 1 aromatic carbocycles. The van der Waals surface area contributed by atoms with Gasteiger partial charge in [-0.15, -0.1) is 5.10 Å². The van der Waals surface area contributed by atoms with E-state index < -0.39 is 59.5 Å². The van der Waals surface area contributed by atoms with Gasteiger partial charge in [0.25, 0.3) is 5.91 Å². The first-order valence-corrected chi connectivity index (χ1v) is 8.36. The summed E-state index contributed by atoms with van der Waals surface area (Å²) in [5.41, 5.74) is -4.04. The van der Waals surface area contributed by atoms with E-state index in [4.69, 9.17) is 0 Å². The van der Waals surface area contributed by atoms with E-state index in [1.54, 1.807) is 0 Å². The lowest BCUT2D eigenvalue weighted by molar-refractivity contribution is -0.149. The number of hydrogen-bond acceptors (Lipinski definition) is 3. The molecule has 6 nitrogen and oxygen atoms in total. The van der Waals surface area contributed by atoms with E-state index in [0.29, 0.717) is 9.25 Å². The maximum absolute atomic E-state index is 13.2. The van der Waals surface area contributed by atoms with Crippen molar-refractivity contribution in [3.8, 4) is 0 Å². The monoisotopic (exact) mass is 424 g/mol. The van der Waals surface area contributed by atoms with Gasteiger partial charge in [0.05, 0.1) is 17.7 Å². The van der Waals surface area contributed by atoms with Gasteiger partial charge < -0.3 is 5.32 Å². The predicted octanol–water partition coefficient (Wildman–Crippen LogP) is 3.27. The summed E-state index contributed by atoms with van der Waals surface area (Å²) in [7, 11) is 0. The highest BCUT2D eigenvalue weighted by Gasteiger charge is 2.41. The lowest BCUT2D eigenvalue weighted by Gasteiger charge is -2.21.